The topological polar surface area (TPSA) is 98.7 Å². The minimum absolute atomic E-state index is 0.414. The minimum Gasteiger partial charge on any atom is -0.388 e. The number of ketones is 1. The maximum atomic E-state index is 12.2. The number of amides is 1. The number of Topliss-reactive ketones (excluding diaryl/α,β-unsaturated/α-hetero) is 1. The maximum absolute atomic E-state index is 12.2. The number of aliphatic hydroxyl groups is 2. The Morgan fingerprint density at radius 3 is 2.21 bits per heavy atom. The fourth-order valence-corrected chi connectivity index (χ4v) is 2.93. The van der Waals surface area contributed by atoms with Gasteiger partial charge in [0.05, 0.1) is 6.04 Å². The monoisotopic (exact) mass is 448 g/mol. The molecule has 0 saturated heterocycles. The zero-order chi connectivity index (χ0) is 20.7. The zero-order valence-electron chi connectivity index (χ0n) is 15.8. The molecule has 1 amide bonds. The lowest BCUT2D eigenvalue weighted by molar-refractivity contribution is -0.147. The molecule has 0 aliphatic rings. The Labute approximate surface area is 173 Å². The van der Waals surface area contributed by atoms with Gasteiger partial charge in [-0.15, -0.1) is 0 Å². The summed E-state index contributed by atoms with van der Waals surface area (Å²) in [6, 6.07) is 15.8. The molecule has 4 atom stereocenters. The summed E-state index contributed by atoms with van der Waals surface area (Å²) in [5.74, 6) is -2.00. The van der Waals surface area contributed by atoms with Gasteiger partial charge in [-0.1, -0.05) is 58.4 Å². The molecule has 4 N–H and O–H groups in total. The van der Waals surface area contributed by atoms with Crippen molar-refractivity contribution in [3.63, 3.8) is 0 Å². The van der Waals surface area contributed by atoms with Gasteiger partial charge in [0, 0.05) is 17.1 Å². The Balaban J connectivity index is 1.88. The third-order valence-electron chi connectivity index (χ3n) is 4.52. The van der Waals surface area contributed by atoms with Crippen LogP contribution in [-0.4, -0.2) is 40.2 Å². The van der Waals surface area contributed by atoms with E-state index in [9.17, 15) is 19.8 Å². The van der Waals surface area contributed by atoms with Gasteiger partial charge in [0.25, 0.3) is 11.7 Å². The molecule has 2 aromatic carbocycles. The summed E-state index contributed by atoms with van der Waals surface area (Å²) in [6.07, 6.45) is -3.22. The first-order valence-corrected chi connectivity index (χ1v) is 9.82. The van der Waals surface area contributed by atoms with Crippen molar-refractivity contribution in [3.05, 3.63) is 70.2 Å². The molecule has 0 radical (unpaired) electrons. The average Bonchev–Trinajstić information content (AvgIpc) is 2.71. The van der Waals surface area contributed by atoms with Crippen LogP contribution in [0.5, 0.6) is 0 Å². The molecule has 6 nitrogen and oxygen atoms in total. The summed E-state index contributed by atoms with van der Waals surface area (Å²) in [7, 11) is 0. The van der Waals surface area contributed by atoms with E-state index < -0.39 is 36.0 Å². The lowest BCUT2D eigenvalue weighted by atomic mass is 10.0. The Morgan fingerprint density at radius 2 is 1.61 bits per heavy atom. The Bertz CT molecular complexity index is 783. The van der Waals surface area contributed by atoms with Crippen molar-refractivity contribution in [1.82, 2.24) is 10.6 Å². The smallest absolute Gasteiger partial charge is 0.290 e. The lowest BCUT2D eigenvalue weighted by Crippen LogP contribution is -2.51. The summed E-state index contributed by atoms with van der Waals surface area (Å²) in [4.78, 5) is 24.4. The highest BCUT2D eigenvalue weighted by molar-refractivity contribution is 9.10. The van der Waals surface area contributed by atoms with Crippen molar-refractivity contribution in [2.75, 3.05) is 0 Å². The van der Waals surface area contributed by atoms with Crippen LogP contribution >= 0.6 is 15.9 Å². The van der Waals surface area contributed by atoms with E-state index in [0.717, 1.165) is 15.6 Å². The minimum atomic E-state index is -1.81. The van der Waals surface area contributed by atoms with E-state index in [1.807, 2.05) is 54.6 Å². The molecule has 0 saturated carbocycles. The van der Waals surface area contributed by atoms with Crippen LogP contribution in [0, 0.1) is 0 Å². The van der Waals surface area contributed by atoms with Crippen LogP contribution in [0.15, 0.2) is 59.1 Å². The van der Waals surface area contributed by atoms with E-state index in [2.05, 4.69) is 26.6 Å². The van der Waals surface area contributed by atoms with Crippen molar-refractivity contribution in [1.29, 1.82) is 0 Å². The van der Waals surface area contributed by atoms with Crippen molar-refractivity contribution in [2.24, 2.45) is 0 Å². The van der Waals surface area contributed by atoms with Crippen LogP contribution in [0.1, 0.15) is 31.0 Å². The molecular formula is C21H25BrN2O4. The normalized spacial score (nSPS) is 15.3. The predicted octanol–water partition coefficient (Wildman–Crippen LogP) is 2.10. The van der Waals surface area contributed by atoms with Crippen LogP contribution in [0.4, 0.5) is 0 Å². The number of benzene rings is 2. The van der Waals surface area contributed by atoms with Crippen LogP contribution in [0.25, 0.3) is 0 Å². The first kappa shape index (κ1) is 22.2. The molecule has 0 bridgehead atoms. The number of nitrogens with one attached hydrogen (secondary N) is 2. The highest BCUT2D eigenvalue weighted by Gasteiger charge is 2.33. The molecule has 0 aromatic heterocycles. The number of carbonyl (C=O) groups excluding carboxylic acids is 2. The summed E-state index contributed by atoms with van der Waals surface area (Å²) in [5.41, 5.74) is 1.82. The summed E-state index contributed by atoms with van der Waals surface area (Å²) in [5, 5.41) is 26.0. The van der Waals surface area contributed by atoms with E-state index >= 15 is 0 Å². The van der Waals surface area contributed by atoms with Gasteiger partial charge in [0.15, 0.2) is 0 Å². The van der Waals surface area contributed by atoms with Gasteiger partial charge in [-0.25, -0.2) is 0 Å². The number of carbonyl (C=O) groups is 2. The molecule has 0 aliphatic carbocycles. The van der Waals surface area contributed by atoms with E-state index in [1.165, 1.54) is 0 Å². The first-order chi connectivity index (χ1) is 13.3. The van der Waals surface area contributed by atoms with Crippen LogP contribution in [0.3, 0.4) is 0 Å². The van der Waals surface area contributed by atoms with Crippen molar-refractivity contribution in [2.45, 2.75) is 44.7 Å². The molecule has 0 heterocycles. The van der Waals surface area contributed by atoms with Crippen LogP contribution in [0.2, 0.25) is 0 Å². The Morgan fingerprint density at radius 1 is 1.00 bits per heavy atom. The molecule has 2 unspecified atom stereocenters. The first-order valence-electron chi connectivity index (χ1n) is 9.03. The number of rotatable bonds is 9. The third kappa shape index (κ3) is 6.24. The molecular weight excluding hydrogens is 424 g/mol. The van der Waals surface area contributed by atoms with Gasteiger partial charge in [-0.3, -0.25) is 9.59 Å². The second-order valence-electron chi connectivity index (χ2n) is 6.70. The zero-order valence-corrected chi connectivity index (χ0v) is 17.4. The molecule has 0 spiro atoms. The number of aliphatic hydroxyl groups excluding tert-OH is 2. The van der Waals surface area contributed by atoms with Gasteiger partial charge in [-0.05, 0) is 37.1 Å². The fraction of sp³-hybridized carbons (Fsp3) is 0.333. The number of hydrogen-bond donors (Lipinski definition) is 4. The Hall–Kier alpha value is -2.06. The predicted molar refractivity (Wildman–Crippen MR) is 110 cm³/mol. The van der Waals surface area contributed by atoms with E-state index in [1.54, 1.807) is 13.8 Å². The molecule has 2 rings (SSSR count). The lowest BCUT2D eigenvalue weighted by Gasteiger charge is -2.24. The second-order valence-corrected chi connectivity index (χ2v) is 7.62. The molecule has 0 fully saturated rings. The van der Waals surface area contributed by atoms with Crippen LogP contribution in [-0.2, 0) is 16.1 Å². The molecule has 28 heavy (non-hydrogen) atoms. The van der Waals surface area contributed by atoms with Gasteiger partial charge < -0.3 is 20.8 Å². The standard InChI is InChI=1S/C21H25BrN2O4/c1-13(16-8-10-17(22)11-9-16)24-21(28)20(27)19(26)18(25)14(2)23-12-15-6-4-3-5-7-15/h3-11,13-14,18-19,23,25-26H,12H2,1-2H3,(H,24,28)/t13-,14?,18?,19-/m0/s1. The molecule has 150 valence electrons. The van der Waals surface area contributed by atoms with Gasteiger partial charge >= 0.3 is 0 Å². The maximum Gasteiger partial charge on any atom is 0.290 e. The SMILES string of the molecule is CC(NCc1ccccc1)C(O)[C@H](O)C(=O)C(=O)N[C@@H](C)c1ccc(Br)cc1. The molecule has 0 aliphatic heterocycles. The van der Waals surface area contributed by atoms with E-state index in [4.69, 9.17) is 0 Å². The van der Waals surface area contributed by atoms with E-state index in [0.29, 0.717) is 6.54 Å². The van der Waals surface area contributed by atoms with Gasteiger partial charge in [-0.2, -0.15) is 0 Å². The summed E-state index contributed by atoms with van der Waals surface area (Å²) in [6.45, 7) is 3.85. The average molecular weight is 449 g/mol. The highest BCUT2D eigenvalue weighted by atomic mass is 79.9. The quantitative estimate of drug-likeness (QED) is 0.440. The highest BCUT2D eigenvalue weighted by Crippen LogP contribution is 2.16. The van der Waals surface area contributed by atoms with E-state index in [-0.39, 0.29) is 0 Å². The number of hydrogen-bond acceptors (Lipinski definition) is 5. The summed E-state index contributed by atoms with van der Waals surface area (Å²) >= 11 is 3.34. The summed E-state index contributed by atoms with van der Waals surface area (Å²) < 4.78 is 0.904. The second kappa shape index (κ2) is 10.5. The molecule has 7 heteroatoms. The van der Waals surface area contributed by atoms with Crippen molar-refractivity contribution < 1.29 is 19.8 Å². The van der Waals surface area contributed by atoms with Crippen molar-refractivity contribution in [3.8, 4) is 0 Å². The third-order valence-corrected chi connectivity index (χ3v) is 5.05. The molecule has 2 aromatic rings. The Kier molecular flexibility index (Phi) is 8.32. The van der Waals surface area contributed by atoms with Crippen molar-refractivity contribution >= 4 is 27.6 Å². The van der Waals surface area contributed by atoms with Crippen LogP contribution < -0.4 is 10.6 Å². The number of halogens is 1. The fourth-order valence-electron chi connectivity index (χ4n) is 2.66. The van der Waals surface area contributed by atoms with Gasteiger partial charge in [0.1, 0.15) is 12.2 Å². The van der Waals surface area contributed by atoms with Gasteiger partial charge in [0.2, 0.25) is 0 Å². The largest absolute Gasteiger partial charge is 0.388 e.